The van der Waals surface area contributed by atoms with Gasteiger partial charge in [-0.15, -0.1) is 0 Å². The molecule has 1 aliphatic carbocycles. The Hall–Kier alpha value is -3.16. The van der Waals surface area contributed by atoms with Crippen LogP contribution in [0.1, 0.15) is 51.9 Å². The van der Waals surface area contributed by atoms with Crippen LogP contribution in [-0.2, 0) is 0 Å². The molecule has 1 heterocycles. The smallest absolute Gasteiger partial charge is 0.353 e. The molecule has 8 nitrogen and oxygen atoms in total. The number of unbranched alkanes of at least 4 members (excludes halogenated alkanes) is 1. The van der Waals surface area contributed by atoms with Crippen LogP contribution in [0.25, 0.3) is 0 Å². The van der Waals surface area contributed by atoms with Gasteiger partial charge in [-0.1, -0.05) is 25.0 Å². The summed E-state index contributed by atoms with van der Waals surface area (Å²) in [5, 5.41) is 17.9. The molecule has 0 amide bonds. The number of nitrogens with one attached hydrogen (secondary N) is 2. The van der Waals surface area contributed by atoms with Gasteiger partial charge in [0.25, 0.3) is 0 Å². The van der Waals surface area contributed by atoms with E-state index in [0.29, 0.717) is 18.8 Å². The molecule has 1 aromatic heterocycles. The molecule has 2 aromatic rings. The van der Waals surface area contributed by atoms with Crippen molar-refractivity contribution in [3.63, 3.8) is 0 Å². The Morgan fingerprint density at radius 1 is 1.17 bits per heavy atom. The molecule has 0 unspecified atom stereocenters. The number of hydrogen-bond donors (Lipinski definition) is 2. The van der Waals surface area contributed by atoms with E-state index in [0.717, 1.165) is 37.9 Å². The number of rotatable bonds is 11. The minimum Gasteiger partial charge on any atom is -0.494 e. The molecule has 0 atom stereocenters. The molecule has 160 valence electrons. The maximum Gasteiger partial charge on any atom is 0.353 e. The number of hydrogen-bond acceptors (Lipinski definition) is 7. The second-order valence-electron chi connectivity index (χ2n) is 7.31. The summed E-state index contributed by atoms with van der Waals surface area (Å²) < 4.78 is 5.65. The highest BCUT2D eigenvalue weighted by Crippen LogP contribution is 2.32. The zero-order valence-corrected chi connectivity index (χ0v) is 17.4. The van der Waals surface area contributed by atoms with Crippen LogP contribution in [0.2, 0.25) is 0 Å². The lowest BCUT2D eigenvalue weighted by atomic mass is 9.97. The summed E-state index contributed by atoms with van der Waals surface area (Å²) in [6.45, 7) is 3.39. The molecule has 0 aliphatic heterocycles. The van der Waals surface area contributed by atoms with Crippen LogP contribution in [0.15, 0.2) is 42.2 Å². The first-order valence-electron chi connectivity index (χ1n) is 10.6. The summed E-state index contributed by atoms with van der Waals surface area (Å²) in [4.78, 5) is 19.4. The van der Waals surface area contributed by atoms with Crippen molar-refractivity contribution in [2.45, 2.75) is 51.9 Å². The van der Waals surface area contributed by atoms with Gasteiger partial charge in [-0.3, -0.25) is 10.1 Å². The van der Waals surface area contributed by atoms with Gasteiger partial charge >= 0.3 is 5.69 Å². The van der Waals surface area contributed by atoms with Gasteiger partial charge in [-0.25, -0.2) is 9.97 Å². The van der Waals surface area contributed by atoms with Crippen molar-refractivity contribution < 1.29 is 9.66 Å². The van der Waals surface area contributed by atoms with Crippen molar-refractivity contribution in [1.82, 2.24) is 9.97 Å². The Kier molecular flexibility index (Phi) is 8.00. The van der Waals surface area contributed by atoms with Crippen LogP contribution in [0.5, 0.6) is 5.75 Å². The first-order chi connectivity index (χ1) is 14.7. The zero-order chi connectivity index (χ0) is 21.2. The van der Waals surface area contributed by atoms with Crippen LogP contribution in [0.4, 0.5) is 23.0 Å². The molecule has 1 aliphatic rings. The quantitative estimate of drug-likeness (QED) is 0.214. The average molecular weight is 412 g/mol. The van der Waals surface area contributed by atoms with E-state index in [1.165, 1.54) is 24.7 Å². The van der Waals surface area contributed by atoms with Gasteiger partial charge in [0, 0.05) is 12.2 Å². The van der Waals surface area contributed by atoms with E-state index in [1.54, 1.807) is 0 Å². The van der Waals surface area contributed by atoms with Crippen molar-refractivity contribution >= 4 is 23.0 Å². The molecule has 30 heavy (non-hydrogen) atoms. The third-order valence-electron chi connectivity index (χ3n) is 5.01. The maximum absolute atomic E-state index is 11.7. The van der Waals surface area contributed by atoms with Crippen LogP contribution in [-0.4, -0.2) is 28.0 Å². The summed E-state index contributed by atoms with van der Waals surface area (Å²) >= 11 is 0. The van der Waals surface area contributed by atoms with Gasteiger partial charge in [-0.2, -0.15) is 0 Å². The molecule has 2 N–H and O–H groups in total. The maximum atomic E-state index is 11.7. The fourth-order valence-electron chi connectivity index (χ4n) is 3.35. The van der Waals surface area contributed by atoms with E-state index in [1.807, 2.05) is 24.3 Å². The fraction of sp³-hybridized carbons (Fsp3) is 0.455. The molecule has 0 saturated carbocycles. The Morgan fingerprint density at radius 2 is 1.97 bits per heavy atom. The SMILES string of the molecule is CCCCOc1ccc(Nc2ncnc(NCCC3=CCCCC3)c2[N+](=O)[O-])cc1. The Bertz CT molecular complexity index is 868. The second kappa shape index (κ2) is 11.1. The van der Waals surface area contributed by atoms with Gasteiger partial charge in [0.05, 0.1) is 11.5 Å². The first-order valence-corrected chi connectivity index (χ1v) is 10.6. The van der Waals surface area contributed by atoms with Crippen LogP contribution in [0, 0.1) is 10.1 Å². The predicted octanol–water partition coefficient (Wildman–Crippen LogP) is 5.61. The van der Waals surface area contributed by atoms with E-state index < -0.39 is 4.92 Å². The highest BCUT2D eigenvalue weighted by molar-refractivity contribution is 5.73. The largest absolute Gasteiger partial charge is 0.494 e. The number of ether oxygens (including phenoxy) is 1. The van der Waals surface area contributed by atoms with E-state index in [-0.39, 0.29) is 17.3 Å². The van der Waals surface area contributed by atoms with Crippen LogP contribution >= 0.6 is 0 Å². The summed E-state index contributed by atoms with van der Waals surface area (Å²) in [5.41, 5.74) is 1.95. The standard InChI is InChI=1S/C22H29N5O3/c1-2-3-15-30-19-11-9-18(10-12-19)26-22-20(27(28)29)21(24-16-25-22)23-14-13-17-7-5-4-6-8-17/h7,9-12,16H,2-6,8,13-15H2,1H3,(H2,23,24,25,26). The van der Waals surface area contributed by atoms with Gasteiger partial charge in [-0.05, 0) is 62.8 Å². The minimum atomic E-state index is -0.452. The highest BCUT2D eigenvalue weighted by Gasteiger charge is 2.23. The first kappa shape index (κ1) is 21.5. The molecule has 0 spiro atoms. The van der Waals surface area contributed by atoms with E-state index >= 15 is 0 Å². The normalized spacial score (nSPS) is 13.4. The van der Waals surface area contributed by atoms with Crippen LogP contribution in [0.3, 0.4) is 0 Å². The Balaban J connectivity index is 1.66. The second-order valence-corrected chi connectivity index (χ2v) is 7.31. The topological polar surface area (TPSA) is 102 Å². The molecule has 0 fully saturated rings. The Labute approximate surface area is 176 Å². The average Bonchev–Trinajstić information content (AvgIpc) is 2.76. The molecule has 0 saturated heterocycles. The lowest BCUT2D eigenvalue weighted by molar-refractivity contribution is -0.383. The summed E-state index contributed by atoms with van der Waals surface area (Å²) in [6, 6.07) is 7.30. The molecule has 1 aromatic carbocycles. The monoisotopic (exact) mass is 411 g/mol. The van der Waals surface area contributed by atoms with Crippen molar-refractivity contribution in [1.29, 1.82) is 0 Å². The predicted molar refractivity (Wildman–Crippen MR) is 118 cm³/mol. The van der Waals surface area contributed by atoms with E-state index in [9.17, 15) is 10.1 Å². The third kappa shape index (κ3) is 6.17. The molecular weight excluding hydrogens is 382 g/mol. The number of nitrogens with zero attached hydrogens (tertiary/aromatic N) is 3. The molecule has 3 rings (SSSR count). The van der Waals surface area contributed by atoms with Crippen molar-refractivity contribution in [2.24, 2.45) is 0 Å². The van der Waals surface area contributed by atoms with Gasteiger partial charge in [0.15, 0.2) is 0 Å². The number of allylic oxidation sites excluding steroid dienone is 1. The Morgan fingerprint density at radius 3 is 2.67 bits per heavy atom. The highest BCUT2D eigenvalue weighted by atomic mass is 16.6. The molecular formula is C22H29N5O3. The van der Waals surface area contributed by atoms with Gasteiger partial charge in [0.1, 0.15) is 12.1 Å². The van der Waals surface area contributed by atoms with Gasteiger partial charge < -0.3 is 15.4 Å². The zero-order valence-electron chi connectivity index (χ0n) is 17.4. The van der Waals surface area contributed by atoms with E-state index in [2.05, 4.69) is 33.6 Å². The summed E-state index contributed by atoms with van der Waals surface area (Å²) in [7, 11) is 0. The van der Waals surface area contributed by atoms with E-state index in [4.69, 9.17) is 4.74 Å². The van der Waals surface area contributed by atoms with Crippen molar-refractivity contribution in [2.75, 3.05) is 23.8 Å². The number of aromatic nitrogens is 2. The molecule has 8 heteroatoms. The lowest BCUT2D eigenvalue weighted by Gasteiger charge is -2.14. The fourth-order valence-corrected chi connectivity index (χ4v) is 3.35. The van der Waals surface area contributed by atoms with Gasteiger partial charge in [0.2, 0.25) is 11.6 Å². The lowest BCUT2D eigenvalue weighted by Crippen LogP contribution is -2.10. The molecule has 0 bridgehead atoms. The summed E-state index contributed by atoms with van der Waals surface area (Å²) in [5.74, 6) is 1.16. The summed E-state index contributed by atoms with van der Waals surface area (Å²) in [6.07, 6.45) is 11.2. The third-order valence-corrected chi connectivity index (χ3v) is 5.01. The van der Waals surface area contributed by atoms with Crippen molar-refractivity contribution in [3.8, 4) is 5.75 Å². The number of anilines is 3. The number of nitro groups is 1. The van der Waals surface area contributed by atoms with Crippen molar-refractivity contribution in [3.05, 3.63) is 52.4 Å². The number of benzene rings is 1. The molecule has 0 radical (unpaired) electrons. The van der Waals surface area contributed by atoms with Crippen LogP contribution < -0.4 is 15.4 Å². The minimum absolute atomic E-state index is 0.154.